The molecule has 0 radical (unpaired) electrons. The molecule has 0 aromatic rings. The van der Waals surface area contributed by atoms with Crippen molar-refractivity contribution < 1.29 is 14.3 Å². The first-order valence-electron chi connectivity index (χ1n) is 6.92. The van der Waals surface area contributed by atoms with E-state index in [1.54, 1.807) is 0 Å². The molecule has 18 heavy (non-hydrogen) atoms. The van der Waals surface area contributed by atoms with Crippen LogP contribution in [0.5, 0.6) is 0 Å². The van der Waals surface area contributed by atoms with Crippen molar-refractivity contribution >= 4 is 11.8 Å². The molecule has 3 fully saturated rings. The number of imide groups is 1. The lowest BCUT2D eigenvalue weighted by Crippen LogP contribution is -2.47. The third-order valence-electron chi connectivity index (χ3n) is 4.20. The molecule has 2 amide bonds. The van der Waals surface area contributed by atoms with E-state index in [0.29, 0.717) is 18.9 Å². The number of amides is 2. The monoisotopic (exact) mass is 252 g/mol. The Morgan fingerprint density at radius 1 is 1.33 bits per heavy atom. The first-order chi connectivity index (χ1) is 8.70. The molecule has 0 aromatic heterocycles. The van der Waals surface area contributed by atoms with Gasteiger partial charge in [0.2, 0.25) is 11.8 Å². The number of nitrogens with one attached hydrogen (secondary N) is 1. The van der Waals surface area contributed by atoms with E-state index in [2.05, 4.69) is 5.32 Å². The Kier molecular flexibility index (Phi) is 3.11. The van der Waals surface area contributed by atoms with Crippen LogP contribution in [0.15, 0.2) is 0 Å². The molecule has 2 saturated heterocycles. The number of carbonyl (C=O) groups is 2. The molecule has 100 valence electrons. The molecule has 1 N–H and O–H groups in total. The molecule has 3 aliphatic rings. The van der Waals surface area contributed by atoms with E-state index < -0.39 is 0 Å². The van der Waals surface area contributed by atoms with Crippen molar-refractivity contribution in [3.63, 3.8) is 0 Å². The molecule has 0 spiro atoms. The Morgan fingerprint density at radius 3 is 2.72 bits per heavy atom. The van der Waals surface area contributed by atoms with Crippen molar-refractivity contribution in [2.75, 3.05) is 13.2 Å². The fourth-order valence-electron chi connectivity index (χ4n) is 3.08. The summed E-state index contributed by atoms with van der Waals surface area (Å²) >= 11 is 0. The van der Waals surface area contributed by atoms with Crippen LogP contribution in [-0.4, -0.2) is 48.1 Å². The maximum absolute atomic E-state index is 12.0. The van der Waals surface area contributed by atoms with Gasteiger partial charge in [-0.2, -0.15) is 0 Å². The topological polar surface area (TPSA) is 58.6 Å². The second-order valence-electron chi connectivity index (χ2n) is 5.47. The van der Waals surface area contributed by atoms with Crippen LogP contribution in [0.3, 0.4) is 0 Å². The number of ether oxygens (including phenoxy) is 1. The minimum absolute atomic E-state index is 0.0538. The average Bonchev–Trinajstić information content (AvgIpc) is 3.03. The van der Waals surface area contributed by atoms with Gasteiger partial charge in [0.1, 0.15) is 0 Å². The number of hydrogen-bond donors (Lipinski definition) is 1. The lowest BCUT2D eigenvalue weighted by molar-refractivity contribution is -0.138. The number of rotatable bonds is 4. The highest BCUT2D eigenvalue weighted by molar-refractivity contribution is 6.05. The Balaban J connectivity index is 1.62. The van der Waals surface area contributed by atoms with Crippen molar-refractivity contribution in [3.8, 4) is 0 Å². The molecule has 0 aromatic carbocycles. The quantitative estimate of drug-likeness (QED) is 0.731. The predicted octanol–water partition coefficient (Wildman–Crippen LogP) is 0.291. The van der Waals surface area contributed by atoms with Gasteiger partial charge in [-0.25, -0.2) is 0 Å². The zero-order valence-corrected chi connectivity index (χ0v) is 10.7. The minimum Gasteiger partial charge on any atom is -0.376 e. The smallest absolute Gasteiger partial charge is 0.246 e. The highest BCUT2D eigenvalue weighted by Crippen LogP contribution is 2.39. The fraction of sp³-hybridized carbons (Fsp3) is 0.846. The molecule has 1 saturated carbocycles. The van der Waals surface area contributed by atoms with Gasteiger partial charge < -0.3 is 4.74 Å². The van der Waals surface area contributed by atoms with Crippen LogP contribution in [0.25, 0.3) is 0 Å². The van der Waals surface area contributed by atoms with Gasteiger partial charge in [-0.05, 0) is 32.1 Å². The third kappa shape index (κ3) is 2.06. The van der Waals surface area contributed by atoms with Gasteiger partial charge in [-0.1, -0.05) is 0 Å². The molecule has 2 heterocycles. The summed E-state index contributed by atoms with van der Waals surface area (Å²) in [6.45, 7) is 3.08. The molecule has 5 heteroatoms. The molecular weight excluding hydrogens is 232 g/mol. The van der Waals surface area contributed by atoms with Crippen LogP contribution in [-0.2, 0) is 14.3 Å². The van der Waals surface area contributed by atoms with E-state index in [-0.39, 0.29) is 30.0 Å². The predicted molar refractivity (Wildman–Crippen MR) is 64.8 cm³/mol. The lowest BCUT2D eigenvalue weighted by atomic mass is 10.0. The van der Waals surface area contributed by atoms with Crippen LogP contribution < -0.4 is 5.32 Å². The molecule has 1 aliphatic carbocycles. The highest BCUT2D eigenvalue weighted by Gasteiger charge is 2.44. The number of hydrogen-bond acceptors (Lipinski definition) is 4. The molecular formula is C13H20N2O3. The third-order valence-corrected chi connectivity index (χ3v) is 4.20. The summed E-state index contributed by atoms with van der Waals surface area (Å²) in [4.78, 5) is 25.0. The van der Waals surface area contributed by atoms with Crippen LogP contribution >= 0.6 is 0 Å². The van der Waals surface area contributed by atoms with E-state index in [9.17, 15) is 9.59 Å². The van der Waals surface area contributed by atoms with E-state index in [4.69, 9.17) is 4.74 Å². The zero-order valence-electron chi connectivity index (χ0n) is 10.7. The largest absolute Gasteiger partial charge is 0.376 e. The van der Waals surface area contributed by atoms with Crippen molar-refractivity contribution in [2.45, 2.75) is 50.8 Å². The van der Waals surface area contributed by atoms with E-state index in [0.717, 1.165) is 13.0 Å². The van der Waals surface area contributed by atoms with Crippen molar-refractivity contribution in [1.82, 2.24) is 10.2 Å². The second kappa shape index (κ2) is 4.63. The van der Waals surface area contributed by atoms with Gasteiger partial charge in [-0.15, -0.1) is 0 Å². The van der Waals surface area contributed by atoms with Gasteiger partial charge >= 0.3 is 0 Å². The molecule has 2 aliphatic heterocycles. The van der Waals surface area contributed by atoms with Gasteiger partial charge in [-0.3, -0.25) is 19.8 Å². The molecule has 3 unspecified atom stereocenters. The van der Waals surface area contributed by atoms with Crippen LogP contribution in [0.2, 0.25) is 0 Å². The number of nitrogens with zero attached hydrogens (tertiary/aromatic N) is 1. The molecule has 0 bridgehead atoms. The van der Waals surface area contributed by atoms with Crippen LogP contribution in [0.1, 0.15) is 32.6 Å². The van der Waals surface area contributed by atoms with Gasteiger partial charge in [0, 0.05) is 19.2 Å². The molecule has 3 atom stereocenters. The molecule has 3 rings (SSSR count). The Hall–Kier alpha value is -0.940. The van der Waals surface area contributed by atoms with Gasteiger partial charge in [0.25, 0.3) is 0 Å². The maximum atomic E-state index is 12.0. The van der Waals surface area contributed by atoms with Crippen LogP contribution in [0.4, 0.5) is 0 Å². The summed E-state index contributed by atoms with van der Waals surface area (Å²) < 4.78 is 5.74. The fourth-order valence-corrected chi connectivity index (χ4v) is 3.08. The Bertz CT molecular complexity index is 367. The van der Waals surface area contributed by atoms with Gasteiger partial charge in [0.15, 0.2) is 0 Å². The highest BCUT2D eigenvalue weighted by atomic mass is 16.5. The minimum atomic E-state index is -0.328. The van der Waals surface area contributed by atoms with Gasteiger partial charge in [0.05, 0.1) is 18.6 Å². The van der Waals surface area contributed by atoms with Crippen molar-refractivity contribution in [3.05, 3.63) is 0 Å². The second-order valence-corrected chi connectivity index (χ2v) is 5.47. The SMILES string of the molecule is CCN1C(=O)CC(NC2CCOC2C2CC2)C1=O. The lowest BCUT2D eigenvalue weighted by Gasteiger charge is -2.22. The number of carbonyl (C=O) groups excluding carboxylic acids is 2. The summed E-state index contributed by atoms with van der Waals surface area (Å²) in [7, 11) is 0. The van der Waals surface area contributed by atoms with Crippen molar-refractivity contribution in [2.24, 2.45) is 5.92 Å². The summed E-state index contributed by atoms with van der Waals surface area (Å²) in [6, 6.07) is -0.0820. The molecule has 5 nitrogen and oxygen atoms in total. The maximum Gasteiger partial charge on any atom is 0.246 e. The summed E-state index contributed by atoms with van der Waals surface area (Å²) in [5.41, 5.74) is 0. The Morgan fingerprint density at radius 2 is 2.11 bits per heavy atom. The normalized spacial score (nSPS) is 36.7. The first-order valence-corrected chi connectivity index (χ1v) is 6.92. The van der Waals surface area contributed by atoms with E-state index >= 15 is 0 Å². The summed E-state index contributed by atoms with van der Waals surface area (Å²) in [6.07, 6.45) is 3.98. The first kappa shape index (κ1) is 12.1. The van der Waals surface area contributed by atoms with E-state index in [1.807, 2.05) is 6.92 Å². The summed E-state index contributed by atoms with van der Waals surface area (Å²) in [5.74, 6) is 0.547. The summed E-state index contributed by atoms with van der Waals surface area (Å²) in [5, 5.41) is 3.36. The zero-order chi connectivity index (χ0) is 12.7. The van der Waals surface area contributed by atoms with Crippen LogP contribution in [0, 0.1) is 5.92 Å². The average molecular weight is 252 g/mol. The Labute approximate surface area is 107 Å². The van der Waals surface area contributed by atoms with Crippen molar-refractivity contribution in [1.29, 1.82) is 0 Å². The number of likely N-dealkylation sites (tertiary alicyclic amines) is 1. The number of likely N-dealkylation sites (N-methyl/N-ethyl adjacent to an activating group) is 1. The standard InChI is InChI=1S/C13H20N2O3/c1-2-15-11(16)7-10(13(15)17)14-9-5-6-18-12(9)8-3-4-8/h8-10,12,14H,2-7H2,1H3. The van der Waals surface area contributed by atoms with E-state index in [1.165, 1.54) is 17.7 Å².